The summed E-state index contributed by atoms with van der Waals surface area (Å²) in [6.45, 7) is 3.02. The average Bonchev–Trinajstić information content (AvgIpc) is 3.16. The van der Waals surface area contributed by atoms with Crippen LogP contribution in [-0.2, 0) is 9.53 Å². The zero-order valence-electron chi connectivity index (χ0n) is 12.9. The van der Waals surface area contributed by atoms with Gasteiger partial charge in [-0.25, -0.2) is 0 Å². The van der Waals surface area contributed by atoms with Crippen molar-refractivity contribution in [2.45, 2.75) is 69.6 Å². The van der Waals surface area contributed by atoms with Crippen LogP contribution in [0.25, 0.3) is 0 Å². The van der Waals surface area contributed by atoms with E-state index in [1.54, 1.807) is 0 Å². The molecule has 0 radical (unpaired) electrons. The highest BCUT2D eigenvalue weighted by atomic mass is 16.5. The molecule has 4 heteroatoms. The van der Waals surface area contributed by atoms with Gasteiger partial charge in [-0.1, -0.05) is 12.8 Å². The molecule has 21 heavy (non-hydrogen) atoms. The van der Waals surface area contributed by atoms with E-state index < -0.39 is 0 Å². The van der Waals surface area contributed by atoms with Crippen molar-refractivity contribution in [2.24, 2.45) is 11.8 Å². The van der Waals surface area contributed by atoms with Crippen molar-refractivity contribution in [2.75, 3.05) is 19.7 Å². The molecule has 0 spiro atoms. The van der Waals surface area contributed by atoms with Crippen molar-refractivity contribution < 1.29 is 9.53 Å². The topological polar surface area (TPSA) is 41.6 Å². The van der Waals surface area contributed by atoms with Crippen LogP contribution in [0, 0.1) is 11.8 Å². The summed E-state index contributed by atoms with van der Waals surface area (Å²) in [4.78, 5) is 15.2. The molecule has 0 aromatic carbocycles. The number of carbonyl (C=O) groups excluding carboxylic acids is 1. The lowest BCUT2D eigenvalue weighted by Crippen LogP contribution is -2.55. The number of hydrogen-bond donors (Lipinski definition) is 1. The summed E-state index contributed by atoms with van der Waals surface area (Å²) >= 11 is 0. The predicted octanol–water partition coefficient (Wildman–Crippen LogP) is 1.93. The van der Waals surface area contributed by atoms with Crippen molar-refractivity contribution in [1.82, 2.24) is 10.2 Å². The molecule has 2 heterocycles. The van der Waals surface area contributed by atoms with Crippen molar-refractivity contribution in [3.8, 4) is 0 Å². The highest BCUT2D eigenvalue weighted by Gasteiger charge is 2.43. The molecule has 4 fully saturated rings. The molecular formula is C17H28N2O2. The largest absolute Gasteiger partial charge is 0.378 e. The molecule has 0 bridgehead atoms. The predicted molar refractivity (Wildman–Crippen MR) is 80.9 cm³/mol. The van der Waals surface area contributed by atoms with Crippen LogP contribution in [0.1, 0.15) is 51.4 Å². The number of amides is 1. The monoisotopic (exact) mass is 292 g/mol. The van der Waals surface area contributed by atoms with Crippen LogP contribution in [0.2, 0.25) is 0 Å². The maximum Gasteiger partial charge on any atom is 0.223 e. The van der Waals surface area contributed by atoms with Gasteiger partial charge < -0.3 is 10.1 Å². The summed E-state index contributed by atoms with van der Waals surface area (Å²) in [6, 6.07) is 1.26. The number of fused-ring (bicyclic) bond motifs is 1. The Hall–Kier alpha value is -0.610. The standard InChI is InChI=1S/C17H28N2O2/c20-17(18-12-5-6-12)14-8-10-21-16-7-9-19(11-15(14)16)13-3-1-2-4-13/h12-16H,1-11H2,(H,18,20)/t14-,15+,16-/m0/s1. The van der Waals surface area contributed by atoms with Crippen LogP contribution >= 0.6 is 0 Å². The fraction of sp³-hybridized carbons (Fsp3) is 0.941. The Morgan fingerprint density at radius 3 is 2.62 bits per heavy atom. The average molecular weight is 292 g/mol. The lowest BCUT2D eigenvalue weighted by molar-refractivity contribution is -0.143. The normalized spacial score (nSPS) is 38.2. The number of hydrogen-bond acceptors (Lipinski definition) is 3. The molecule has 1 amide bonds. The van der Waals surface area contributed by atoms with Crippen LogP contribution in [0.5, 0.6) is 0 Å². The number of likely N-dealkylation sites (tertiary alicyclic amines) is 1. The number of nitrogens with zero attached hydrogens (tertiary/aromatic N) is 1. The van der Waals surface area contributed by atoms with E-state index in [0.29, 0.717) is 24.0 Å². The van der Waals surface area contributed by atoms with E-state index in [0.717, 1.165) is 32.0 Å². The van der Waals surface area contributed by atoms with Gasteiger partial charge in [0.25, 0.3) is 0 Å². The molecule has 4 nitrogen and oxygen atoms in total. The smallest absolute Gasteiger partial charge is 0.223 e. The molecule has 0 aromatic rings. The highest BCUT2D eigenvalue weighted by molar-refractivity contribution is 5.79. The third-order valence-electron chi connectivity index (χ3n) is 6.00. The van der Waals surface area contributed by atoms with Gasteiger partial charge in [0.15, 0.2) is 0 Å². The second-order valence-electron chi connectivity index (χ2n) is 7.47. The Morgan fingerprint density at radius 1 is 1.05 bits per heavy atom. The van der Waals surface area contributed by atoms with Gasteiger partial charge in [-0.15, -0.1) is 0 Å². The summed E-state index contributed by atoms with van der Waals surface area (Å²) < 4.78 is 5.99. The number of ether oxygens (including phenoxy) is 1. The number of rotatable bonds is 3. The minimum Gasteiger partial charge on any atom is -0.378 e. The molecule has 2 saturated carbocycles. The minimum absolute atomic E-state index is 0.188. The van der Waals surface area contributed by atoms with E-state index in [1.165, 1.54) is 45.1 Å². The fourth-order valence-electron chi connectivity index (χ4n) is 4.60. The Kier molecular flexibility index (Phi) is 3.92. The van der Waals surface area contributed by atoms with E-state index in [4.69, 9.17) is 4.74 Å². The van der Waals surface area contributed by atoms with Crippen molar-refractivity contribution in [3.05, 3.63) is 0 Å². The maximum absolute atomic E-state index is 12.5. The van der Waals surface area contributed by atoms with Gasteiger partial charge in [0.1, 0.15) is 0 Å². The molecule has 4 rings (SSSR count). The van der Waals surface area contributed by atoms with Crippen molar-refractivity contribution in [3.63, 3.8) is 0 Å². The van der Waals surface area contributed by atoms with E-state index in [9.17, 15) is 4.79 Å². The van der Waals surface area contributed by atoms with Crippen LogP contribution in [0.4, 0.5) is 0 Å². The van der Waals surface area contributed by atoms with Gasteiger partial charge in [0, 0.05) is 43.6 Å². The number of nitrogens with one attached hydrogen (secondary N) is 1. The molecule has 4 aliphatic rings. The summed E-state index contributed by atoms with van der Waals surface area (Å²) in [6.07, 6.45) is 10.2. The zero-order chi connectivity index (χ0) is 14.2. The third kappa shape index (κ3) is 2.98. The molecule has 3 atom stereocenters. The number of carbonyl (C=O) groups is 1. The first-order chi connectivity index (χ1) is 10.3. The van der Waals surface area contributed by atoms with Gasteiger partial charge >= 0.3 is 0 Å². The summed E-state index contributed by atoms with van der Waals surface area (Å²) in [7, 11) is 0. The molecule has 2 aliphatic heterocycles. The Bertz CT molecular complexity index is 390. The van der Waals surface area contributed by atoms with E-state index in [1.807, 2.05) is 0 Å². The van der Waals surface area contributed by atoms with Crippen molar-refractivity contribution in [1.29, 1.82) is 0 Å². The van der Waals surface area contributed by atoms with Crippen LogP contribution in [-0.4, -0.2) is 48.7 Å². The van der Waals surface area contributed by atoms with E-state index in [2.05, 4.69) is 10.2 Å². The second-order valence-corrected chi connectivity index (χ2v) is 7.47. The molecule has 118 valence electrons. The lowest BCUT2D eigenvalue weighted by atomic mass is 9.78. The van der Waals surface area contributed by atoms with Gasteiger partial charge in [0.2, 0.25) is 5.91 Å². The van der Waals surface area contributed by atoms with E-state index in [-0.39, 0.29) is 5.92 Å². The van der Waals surface area contributed by atoms with Gasteiger partial charge in [0.05, 0.1) is 6.10 Å². The second kappa shape index (κ2) is 5.88. The lowest BCUT2D eigenvalue weighted by Gasteiger charge is -2.46. The zero-order valence-corrected chi connectivity index (χ0v) is 12.9. The molecule has 0 unspecified atom stereocenters. The molecule has 2 aliphatic carbocycles. The minimum atomic E-state index is 0.188. The first-order valence-corrected chi connectivity index (χ1v) is 8.97. The molecule has 1 N–H and O–H groups in total. The number of piperidine rings is 1. The Balaban J connectivity index is 1.42. The third-order valence-corrected chi connectivity index (χ3v) is 6.00. The quantitative estimate of drug-likeness (QED) is 0.864. The first-order valence-electron chi connectivity index (χ1n) is 8.97. The van der Waals surface area contributed by atoms with Crippen LogP contribution in [0.3, 0.4) is 0 Å². The summed E-state index contributed by atoms with van der Waals surface area (Å²) in [5.74, 6) is 0.921. The van der Waals surface area contributed by atoms with Gasteiger partial charge in [-0.2, -0.15) is 0 Å². The summed E-state index contributed by atoms with van der Waals surface area (Å²) in [5.41, 5.74) is 0. The first kappa shape index (κ1) is 14.0. The Morgan fingerprint density at radius 2 is 1.86 bits per heavy atom. The Labute approximate surface area is 127 Å². The SMILES string of the molecule is O=C(NC1CC1)[C@H]1CCO[C@H]2CCN(C3CCCC3)C[C@@H]21. The van der Waals surface area contributed by atoms with Gasteiger partial charge in [-0.05, 0) is 38.5 Å². The highest BCUT2D eigenvalue weighted by Crippen LogP contribution is 2.36. The van der Waals surface area contributed by atoms with Crippen molar-refractivity contribution >= 4 is 5.91 Å². The van der Waals surface area contributed by atoms with Crippen LogP contribution in [0.15, 0.2) is 0 Å². The summed E-state index contributed by atoms with van der Waals surface area (Å²) in [5, 5.41) is 3.23. The molecular weight excluding hydrogens is 264 g/mol. The maximum atomic E-state index is 12.5. The fourth-order valence-corrected chi connectivity index (χ4v) is 4.60. The molecule has 0 aromatic heterocycles. The van der Waals surface area contributed by atoms with Gasteiger partial charge in [-0.3, -0.25) is 9.69 Å². The van der Waals surface area contributed by atoms with Crippen LogP contribution < -0.4 is 5.32 Å². The van der Waals surface area contributed by atoms with E-state index >= 15 is 0 Å². The molecule has 2 saturated heterocycles.